The summed E-state index contributed by atoms with van der Waals surface area (Å²) in [5.41, 5.74) is 2.94. The molecular weight excluding hydrogens is 399 g/mol. The van der Waals surface area contributed by atoms with Gasteiger partial charge in [-0.1, -0.05) is 6.07 Å². The largest absolute Gasteiger partial charge is 0.494 e. The molecule has 5 rings (SSSR count). The van der Waals surface area contributed by atoms with Gasteiger partial charge < -0.3 is 14.4 Å². The number of hydrogen-bond donors (Lipinski definition) is 1. The van der Waals surface area contributed by atoms with E-state index in [0.29, 0.717) is 19.2 Å². The number of morpholine rings is 1. The van der Waals surface area contributed by atoms with Crippen molar-refractivity contribution in [3.8, 4) is 5.75 Å². The summed E-state index contributed by atoms with van der Waals surface area (Å²) in [4.78, 5) is 25.3. The summed E-state index contributed by atoms with van der Waals surface area (Å²) >= 11 is 0. The van der Waals surface area contributed by atoms with Crippen molar-refractivity contribution >= 4 is 5.95 Å². The number of likely N-dealkylation sites (tertiary alicyclic amines) is 1. The minimum Gasteiger partial charge on any atom is -0.494 e. The average molecular weight is 429 g/mol. The van der Waals surface area contributed by atoms with Crippen LogP contribution in [0.2, 0.25) is 0 Å². The van der Waals surface area contributed by atoms with Crippen molar-refractivity contribution < 1.29 is 13.9 Å². The van der Waals surface area contributed by atoms with E-state index < -0.39 is 0 Å². The van der Waals surface area contributed by atoms with Crippen molar-refractivity contribution in [2.75, 3.05) is 51.4 Å². The summed E-state index contributed by atoms with van der Waals surface area (Å²) in [7, 11) is 1.49. The van der Waals surface area contributed by atoms with Crippen molar-refractivity contribution in [3.05, 3.63) is 51.2 Å². The second-order valence-electron chi connectivity index (χ2n) is 8.84. The fourth-order valence-electron chi connectivity index (χ4n) is 5.25. The number of anilines is 1. The highest BCUT2D eigenvalue weighted by molar-refractivity contribution is 5.40. The summed E-state index contributed by atoms with van der Waals surface area (Å²) in [6, 6.07) is 5.07. The first-order valence-corrected chi connectivity index (χ1v) is 11.1. The maximum Gasteiger partial charge on any atom is 0.255 e. The number of benzene rings is 1. The van der Waals surface area contributed by atoms with Crippen LogP contribution in [0, 0.1) is 5.82 Å². The lowest BCUT2D eigenvalue weighted by molar-refractivity contribution is 0.122. The van der Waals surface area contributed by atoms with E-state index >= 15 is 0 Å². The van der Waals surface area contributed by atoms with Crippen LogP contribution in [0.15, 0.2) is 23.0 Å². The fraction of sp³-hybridized carbons (Fsp3) is 0.565. The van der Waals surface area contributed by atoms with Gasteiger partial charge in [-0.25, -0.2) is 9.37 Å². The Kier molecular flexibility index (Phi) is 5.44. The third-order valence-corrected chi connectivity index (χ3v) is 7.10. The monoisotopic (exact) mass is 428 g/mol. The highest BCUT2D eigenvalue weighted by Gasteiger charge is 2.44. The Morgan fingerprint density at radius 2 is 1.97 bits per heavy atom. The second-order valence-corrected chi connectivity index (χ2v) is 8.84. The lowest BCUT2D eigenvalue weighted by Crippen LogP contribution is -2.43. The number of H-pyrrole nitrogens is 1. The highest BCUT2D eigenvalue weighted by Crippen LogP contribution is 2.44. The van der Waals surface area contributed by atoms with Crippen LogP contribution < -0.4 is 15.2 Å². The molecule has 0 saturated carbocycles. The van der Waals surface area contributed by atoms with Gasteiger partial charge in [-0.05, 0) is 56.5 Å². The highest BCUT2D eigenvalue weighted by atomic mass is 19.1. The number of hydrogen-bond acceptors (Lipinski definition) is 6. The predicted molar refractivity (Wildman–Crippen MR) is 115 cm³/mol. The zero-order valence-electron chi connectivity index (χ0n) is 18.0. The van der Waals surface area contributed by atoms with Crippen molar-refractivity contribution in [3.63, 3.8) is 0 Å². The van der Waals surface area contributed by atoms with Crippen LogP contribution in [0.1, 0.15) is 36.1 Å². The molecule has 31 heavy (non-hydrogen) atoms. The summed E-state index contributed by atoms with van der Waals surface area (Å²) < 4.78 is 24.3. The van der Waals surface area contributed by atoms with Crippen molar-refractivity contribution in [1.82, 2.24) is 14.9 Å². The molecule has 0 bridgehead atoms. The molecule has 8 heteroatoms. The normalized spacial score (nSPS) is 20.8. The second kappa shape index (κ2) is 8.24. The molecule has 0 radical (unpaired) electrons. The molecular formula is C23H29FN4O3. The minimum atomic E-state index is -0.334. The van der Waals surface area contributed by atoms with E-state index in [1.807, 2.05) is 6.07 Å². The lowest BCUT2D eigenvalue weighted by Gasteiger charge is -2.39. The SMILES string of the molecule is COc1cc(CN2CCC3(CCc4c3nc(N3CCOCC3)[nH]c4=O)CC2)ccc1F. The molecule has 7 nitrogen and oxygen atoms in total. The van der Waals surface area contributed by atoms with Gasteiger partial charge in [0.2, 0.25) is 5.95 Å². The van der Waals surface area contributed by atoms with E-state index in [-0.39, 0.29) is 22.5 Å². The molecule has 0 unspecified atom stereocenters. The first-order valence-electron chi connectivity index (χ1n) is 11.1. The molecule has 3 aliphatic rings. The Morgan fingerprint density at radius 3 is 2.71 bits per heavy atom. The Bertz CT molecular complexity index is 1010. The molecule has 1 spiro atoms. The maximum atomic E-state index is 13.7. The number of nitrogens with one attached hydrogen (secondary N) is 1. The van der Waals surface area contributed by atoms with Crippen LogP contribution in [-0.4, -0.2) is 61.4 Å². The molecule has 2 aliphatic heterocycles. The number of aromatic nitrogens is 2. The van der Waals surface area contributed by atoms with E-state index in [0.717, 1.165) is 75.2 Å². The van der Waals surface area contributed by atoms with Gasteiger partial charge in [0.15, 0.2) is 11.6 Å². The Balaban J connectivity index is 1.32. The smallest absolute Gasteiger partial charge is 0.255 e. The number of halogens is 1. The Morgan fingerprint density at radius 1 is 1.19 bits per heavy atom. The molecule has 1 N–H and O–H groups in total. The van der Waals surface area contributed by atoms with E-state index in [2.05, 4.69) is 14.8 Å². The predicted octanol–water partition coefficient (Wildman–Crippen LogP) is 2.23. The molecule has 166 valence electrons. The van der Waals surface area contributed by atoms with Crippen LogP contribution in [0.25, 0.3) is 0 Å². The van der Waals surface area contributed by atoms with Gasteiger partial charge in [-0.2, -0.15) is 0 Å². The van der Waals surface area contributed by atoms with Gasteiger partial charge in [-0.15, -0.1) is 0 Å². The zero-order valence-corrected chi connectivity index (χ0v) is 18.0. The molecule has 1 aromatic carbocycles. The summed E-state index contributed by atoms with van der Waals surface area (Å²) in [5.74, 6) is 0.641. The summed E-state index contributed by atoms with van der Waals surface area (Å²) in [6.45, 7) is 5.46. The van der Waals surface area contributed by atoms with Gasteiger partial charge in [0, 0.05) is 30.6 Å². The Labute approximate surface area is 181 Å². The number of rotatable bonds is 4. The summed E-state index contributed by atoms with van der Waals surface area (Å²) in [6.07, 6.45) is 3.76. The molecule has 3 heterocycles. The molecule has 0 amide bonds. The van der Waals surface area contributed by atoms with E-state index in [4.69, 9.17) is 14.5 Å². The van der Waals surface area contributed by atoms with Gasteiger partial charge in [0.05, 0.1) is 26.0 Å². The number of fused-ring (bicyclic) bond motifs is 2. The lowest BCUT2D eigenvalue weighted by atomic mass is 9.76. The van der Waals surface area contributed by atoms with Gasteiger partial charge >= 0.3 is 0 Å². The summed E-state index contributed by atoms with van der Waals surface area (Å²) in [5, 5.41) is 0. The van der Waals surface area contributed by atoms with Crippen molar-refractivity contribution in [2.45, 2.75) is 37.6 Å². The third-order valence-electron chi connectivity index (χ3n) is 7.10. The topological polar surface area (TPSA) is 70.7 Å². The molecule has 2 saturated heterocycles. The number of methoxy groups -OCH3 is 1. The third kappa shape index (κ3) is 3.83. The maximum absolute atomic E-state index is 13.7. The minimum absolute atomic E-state index is 0.0123. The molecule has 2 aromatic rings. The van der Waals surface area contributed by atoms with Crippen LogP contribution in [0.5, 0.6) is 5.75 Å². The van der Waals surface area contributed by atoms with E-state index in [1.165, 1.54) is 13.2 Å². The quantitative estimate of drug-likeness (QED) is 0.806. The van der Waals surface area contributed by atoms with Crippen molar-refractivity contribution in [1.29, 1.82) is 0 Å². The number of nitrogens with zero attached hydrogens (tertiary/aromatic N) is 3. The van der Waals surface area contributed by atoms with Gasteiger partial charge in [0.1, 0.15) is 0 Å². The first kappa shape index (κ1) is 20.5. The van der Waals surface area contributed by atoms with E-state index in [1.54, 1.807) is 6.07 Å². The molecule has 0 atom stereocenters. The zero-order chi connectivity index (χ0) is 21.4. The van der Waals surface area contributed by atoms with Gasteiger partial charge in [0.25, 0.3) is 5.56 Å². The van der Waals surface area contributed by atoms with Crippen LogP contribution in [-0.2, 0) is 23.1 Å². The number of ether oxygens (including phenoxy) is 2. The number of aromatic amines is 1. The van der Waals surface area contributed by atoms with Gasteiger partial charge in [-0.3, -0.25) is 14.7 Å². The number of piperidine rings is 1. The molecule has 1 aliphatic carbocycles. The van der Waals surface area contributed by atoms with Crippen LogP contribution in [0.3, 0.4) is 0 Å². The standard InChI is InChI=1S/C23H29FN4O3/c1-30-19-14-16(2-3-18(19)24)15-27-8-6-23(7-9-27)5-4-17-20(23)25-22(26-21(17)29)28-10-12-31-13-11-28/h2-3,14H,4-13,15H2,1H3,(H,25,26,29). The molecule has 1 aromatic heterocycles. The van der Waals surface area contributed by atoms with E-state index in [9.17, 15) is 9.18 Å². The van der Waals surface area contributed by atoms with Crippen LogP contribution in [0.4, 0.5) is 10.3 Å². The first-order chi connectivity index (χ1) is 15.1. The Hall–Kier alpha value is -2.45. The molecule has 2 fully saturated rings. The van der Waals surface area contributed by atoms with Crippen LogP contribution >= 0.6 is 0 Å². The van der Waals surface area contributed by atoms with Crippen molar-refractivity contribution in [2.24, 2.45) is 0 Å². The fourth-order valence-corrected chi connectivity index (χ4v) is 5.25. The average Bonchev–Trinajstić information content (AvgIpc) is 3.16.